The van der Waals surface area contributed by atoms with Gasteiger partial charge in [-0.2, -0.15) is 0 Å². The number of nitrogens with zero attached hydrogens (tertiary/aromatic N) is 1. The van der Waals surface area contributed by atoms with Crippen LogP contribution in [-0.2, 0) is 16.0 Å². The Morgan fingerprint density at radius 1 is 0.846 bits per heavy atom. The highest BCUT2D eigenvalue weighted by Gasteiger charge is 2.26. The Labute approximate surface area is 234 Å². The second-order valence-electron chi connectivity index (χ2n) is 10.6. The van der Waals surface area contributed by atoms with E-state index in [1.54, 1.807) is 0 Å². The molecule has 0 aliphatic carbocycles. The van der Waals surface area contributed by atoms with Crippen molar-refractivity contribution in [3.05, 3.63) is 60.2 Å². The van der Waals surface area contributed by atoms with Crippen molar-refractivity contribution < 1.29 is 9.59 Å². The third-order valence-electron chi connectivity index (χ3n) is 6.80. The Balaban J connectivity index is 2.07. The maximum absolute atomic E-state index is 13.5. The van der Waals surface area contributed by atoms with Crippen molar-refractivity contribution in [3.8, 4) is 11.1 Å². The van der Waals surface area contributed by atoms with Gasteiger partial charge in [0.05, 0.1) is 6.04 Å². The second-order valence-corrected chi connectivity index (χ2v) is 10.6. The molecule has 2 unspecified atom stereocenters. The minimum atomic E-state index is -0.660. The summed E-state index contributed by atoms with van der Waals surface area (Å²) in [6.07, 6.45) is 4.62. The number of benzene rings is 2. The number of guanidine groups is 1. The van der Waals surface area contributed by atoms with Crippen molar-refractivity contribution in [3.63, 3.8) is 0 Å². The van der Waals surface area contributed by atoms with Gasteiger partial charge < -0.3 is 27.4 Å². The third kappa shape index (κ3) is 12.3. The molecule has 0 bridgehead atoms. The molecular formula is C31H48N6O2. The lowest BCUT2D eigenvalue weighted by Crippen LogP contribution is -2.54. The van der Waals surface area contributed by atoms with E-state index in [0.717, 1.165) is 36.0 Å². The molecule has 8 nitrogen and oxygen atoms in total. The van der Waals surface area contributed by atoms with E-state index in [1.165, 1.54) is 0 Å². The summed E-state index contributed by atoms with van der Waals surface area (Å²) in [5.74, 6) is 0.274. The summed E-state index contributed by atoms with van der Waals surface area (Å²) >= 11 is 0. The SMILES string of the molecule is CCC(C)CCCNC(=O)C(CCCN=C(N)N)NC(=O)[C@H](Cc1ccc(-c2ccccc2)cc1)NC(C)C. The van der Waals surface area contributed by atoms with Crippen LogP contribution in [0.15, 0.2) is 59.6 Å². The predicted molar refractivity (Wildman–Crippen MR) is 161 cm³/mol. The first kappa shape index (κ1) is 31.8. The normalized spacial score (nSPS) is 13.4. The number of aliphatic imine (C=N–C) groups is 1. The van der Waals surface area contributed by atoms with Gasteiger partial charge in [0.2, 0.25) is 11.8 Å². The van der Waals surface area contributed by atoms with Gasteiger partial charge in [0.25, 0.3) is 0 Å². The average molecular weight is 537 g/mol. The van der Waals surface area contributed by atoms with Crippen LogP contribution in [0, 0.1) is 5.92 Å². The Morgan fingerprint density at radius 3 is 2.13 bits per heavy atom. The molecule has 39 heavy (non-hydrogen) atoms. The molecule has 0 aliphatic heterocycles. The molecule has 2 aromatic rings. The minimum absolute atomic E-state index is 0.0181. The number of nitrogens with one attached hydrogen (secondary N) is 3. The number of amides is 2. The van der Waals surface area contributed by atoms with Crippen molar-refractivity contribution in [1.29, 1.82) is 0 Å². The minimum Gasteiger partial charge on any atom is -0.370 e. The molecule has 0 aliphatic rings. The number of hydrogen-bond donors (Lipinski definition) is 5. The van der Waals surface area contributed by atoms with E-state index in [1.807, 2.05) is 32.0 Å². The molecule has 3 atom stereocenters. The van der Waals surface area contributed by atoms with Crippen LogP contribution in [0.5, 0.6) is 0 Å². The van der Waals surface area contributed by atoms with Crippen LogP contribution in [0.3, 0.4) is 0 Å². The van der Waals surface area contributed by atoms with Gasteiger partial charge in [0.1, 0.15) is 6.04 Å². The van der Waals surface area contributed by atoms with Crippen molar-refractivity contribution in [1.82, 2.24) is 16.0 Å². The Hall–Kier alpha value is -3.39. The highest BCUT2D eigenvalue weighted by Crippen LogP contribution is 2.20. The van der Waals surface area contributed by atoms with E-state index in [-0.39, 0.29) is 23.8 Å². The molecule has 0 saturated heterocycles. The predicted octanol–water partition coefficient (Wildman–Crippen LogP) is 3.74. The number of carbonyl (C=O) groups is 2. The van der Waals surface area contributed by atoms with E-state index in [0.29, 0.717) is 38.3 Å². The Kier molecular flexibility index (Phi) is 14.1. The van der Waals surface area contributed by atoms with Gasteiger partial charge >= 0.3 is 0 Å². The molecular weight excluding hydrogens is 488 g/mol. The summed E-state index contributed by atoms with van der Waals surface area (Å²) in [5, 5.41) is 9.39. The fourth-order valence-electron chi connectivity index (χ4n) is 4.36. The van der Waals surface area contributed by atoms with Gasteiger partial charge in [-0.05, 0) is 54.7 Å². The van der Waals surface area contributed by atoms with Crippen LogP contribution < -0.4 is 27.4 Å². The van der Waals surface area contributed by atoms with Crippen molar-refractivity contribution in [2.75, 3.05) is 13.1 Å². The van der Waals surface area contributed by atoms with E-state index >= 15 is 0 Å². The molecule has 2 aromatic carbocycles. The molecule has 0 saturated carbocycles. The molecule has 2 amide bonds. The number of carbonyl (C=O) groups excluding carboxylic acids is 2. The molecule has 0 radical (unpaired) electrons. The summed E-state index contributed by atoms with van der Waals surface area (Å²) in [5.41, 5.74) is 14.2. The fraction of sp³-hybridized carbons (Fsp3) is 0.516. The average Bonchev–Trinajstić information content (AvgIpc) is 2.92. The number of nitrogens with two attached hydrogens (primary N) is 2. The molecule has 0 spiro atoms. The first-order valence-corrected chi connectivity index (χ1v) is 14.2. The van der Waals surface area contributed by atoms with Crippen LogP contribution in [0.1, 0.15) is 65.4 Å². The first-order chi connectivity index (χ1) is 18.7. The largest absolute Gasteiger partial charge is 0.370 e. The lowest BCUT2D eigenvalue weighted by atomic mass is 9.99. The summed E-state index contributed by atoms with van der Waals surface area (Å²) in [6.45, 7) is 9.39. The van der Waals surface area contributed by atoms with Crippen molar-refractivity contribution in [2.24, 2.45) is 22.4 Å². The molecule has 0 fully saturated rings. The summed E-state index contributed by atoms with van der Waals surface area (Å²) in [4.78, 5) is 30.5. The molecule has 0 heterocycles. The van der Waals surface area contributed by atoms with Crippen LogP contribution in [0.2, 0.25) is 0 Å². The highest BCUT2D eigenvalue weighted by atomic mass is 16.2. The zero-order valence-corrected chi connectivity index (χ0v) is 24.1. The van der Waals surface area contributed by atoms with Crippen LogP contribution in [0.4, 0.5) is 0 Å². The maximum Gasteiger partial charge on any atom is 0.242 e. The highest BCUT2D eigenvalue weighted by molar-refractivity contribution is 5.90. The summed E-state index contributed by atoms with van der Waals surface area (Å²) < 4.78 is 0. The number of rotatable bonds is 17. The Morgan fingerprint density at radius 2 is 1.51 bits per heavy atom. The molecule has 8 heteroatoms. The maximum atomic E-state index is 13.5. The van der Waals surface area contributed by atoms with Gasteiger partial charge in [0, 0.05) is 19.1 Å². The first-order valence-electron chi connectivity index (χ1n) is 14.2. The van der Waals surface area contributed by atoms with E-state index in [4.69, 9.17) is 11.5 Å². The zero-order chi connectivity index (χ0) is 28.6. The summed E-state index contributed by atoms with van der Waals surface area (Å²) in [7, 11) is 0. The molecule has 7 N–H and O–H groups in total. The second kappa shape index (κ2) is 17.2. The van der Waals surface area contributed by atoms with Crippen LogP contribution >= 0.6 is 0 Å². The number of hydrogen-bond acceptors (Lipinski definition) is 4. The van der Waals surface area contributed by atoms with Crippen LogP contribution in [0.25, 0.3) is 11.1 Å². The van der Waals surface area contributed by atoms with Crippen molar-refractivity contribution >= 4 is 17.8 Å². The lowest BCUT2D eigenvalue weighted by molar-refractivity contribution is -0.130. The standard InChI is InChI=1S/C31H48N6O2/c1-5-23(4)11-9-19-34-29(38)27(14-10-20-35-31(32)33)37-30(39)28(36-22(2)3)21-24-15-17-26(18-16-24)25-12-7-6-8-13-25/h6-8,12-13,15-18,22-23,27-28,36H,5,9-11,14,19-21H2,1-4H3,(H,34,38)(H,37,39)(H4,32,33,35)/t23?,27?,28-/m0/s1. The topological polar surface area (TPSA) is 135 Å². The fourth-order valence-corrected chi connectivity index (χ4v) is 4.36. The molecule has 2 rings (SSSR count). The van der Waals surface area contributed by atoms with E-state index < -0.39 is 12.1 Å². The Bertz CT molecular complexity index is 1020. The van der Waals surface area contributed by atoms with Crippen molar-refractivity contribution in [2.45, 2.75) is 84.3 Å². The van der Waals surface area contributed by atoms with E-state index in [9.17, 15) is 9.59 Å². The monoisotopic (exact) mass is 536 g/mol. The third-order valence-corrected chi connectivity index (χ3v) is 6.80. The smallest absolute Gasteiger partial charge is 0.242 e. The van der Waals surface area contributed by atoms with Gasteiger partial charge in [0.15, 0.2) is 5.96 Å². The lowest BCUT2D eigenvalue weighted by Gasteiger charge is -2.25. The van der Waals surface area contributed by atoms with Gasteiger partial charge in [-0.3, -0.25) is 14.6 Å². The zero-order valence-electron chi connectivity index (χ0n) is 24.1. The van der Waals surface area contributed by atoms with Gasteiger partial charge in [-0.15, -0.1) is 0 Å². The molecule has 0 aromatic heterocycles. The summed E-state index contributed by atoms with van der Waals surface area (Å²) in [6, 6.07) is 17.4. The quantitative estimate of drug-likeness (QED) is 0.119. The van der Waals surface area contributed by atoms with E-state index in [2.05, 4.69) is 71.2 Å². The van der Waals surface area contributed by atoms with Gasteiger partial charge in [-0.25, -0.2) is 0 Å². The van der Waals surface area contributed by atoms with Crippen LogP contribution in [-0.4, -0.2) is 49.0 Å². The molecule has 214 valence electrons. The van der Waals surface area contributed by atoms with Gasteiger partial charge in [-0.1, -0.05) is 88.7 Å².